The molecule has 0 unspecified atom stereocenters. The van der Waals surface area contributed by atoms with Crippen molar-refractivity contribution in [3.8, 4) is 0 Å². The molecular weight excluding hydrogens is 160 g/mol. The third kappa shape index (κ3) is 10.3. The molecule has 0 saturated carbocycles. The van der Waals surface area contributed by atoms with Crippen LogP contribution in [0.3, 0.4) is 0 Å². The number of thioether (sulfide) groups is 1. The lowest BCUT2D eigenvalue weighted by Crippen LogP contribution is -2.03. The fraction of sp³-hybridized carbons (Fsp3) is 1.00. The fourth-order valence-electron chi connectivity index (χ4n) is 0.603. The van der Waals surface area contributed by atoms with E-state index in [2.05, 4.69) is 13.8 Å². The summed E-state index contributed by atoms with van der Waals surface area (Å²) in [6.45, 7) is 5.79. The zero-order chi connectivity index (χ0) is 8.53. The lowest BCUT2D eigenvalue weighted by atomic mass is 10.3. The third-order valence-corrected chi connectivity index (χ3v) is 2.42. The predicted octanol–water partition coefficient (Wildman–Crippen LogP) is 1.38. The summed E-state index contributed by atoms with van der Waals surface area (Å²) in [5.74, 6) is 3.00. The Morgan fingerprint density at radius 3 is 2.64 bits per heavy atom. The molecule has 3 heteroatoms. The van der Waals surface area contributed by atoms with Gasteiger partial charge in [-0.2, -0.15) is 11.8 Å². The molecule has 1 N–H and O–H groups in total. The van der Waals surface area contributed by atoms with Crippen molar-refractivity contribution in [2.24, 2.45) is 5.92 Å². The molecule has 0 amide bonds. The van der Waals surface area contributed by atoms with Crippen LogP contribution in [0, 0.1) is 5.92 Å². The summed E-state index contributed by atoms with van der Waals surface area (Å²) in [5.41, 5.74) is 0. The van der Waals surface area contributed by atoms with Crippen LogP contribution in [0.4, 0.5) is 0 Å². The van der Waals surface area contributed by atoms with E-state index in [4.69, 9.17) is 9.84 Å². The van der Waals surface area contributed by atoms with Crippen molar-refractivity contribution in [3.63, 3.8) is 0 Å². The van der Waals surface area contributed by atoms with Crippen LogP contribution in [0.25, 0.3) is 0 Å². The summed E-state index contributed by atoms with van der Waals surface area (Å²) < 4.78 is 5.09. The van der Waals surface area contributed by atoms with Crippen LogP contribution in [0.15, 0.2) is 0 Å². The molecule has 0 bridgehead atoms. The highest BCUT2D eigenvalue weighted by molar-refractivity contribution is 7.99. The first-order valence-corrected chi connectivity index (χ1v) is 5.19. The van der Waals surface area contributed by atoms with Crippen LogP contribution in [0.2, 0.25) is 0 Å². The number of aliphatic hydroxyl groups is 1. The van der Waals surface area contributed by atoms with E-state index in [9.17, 15) is 0 Å². The van der Waals surface area contributed by atoms with Crippen LogP contribution >= 0.6 is 11.8 Å². The van der Waals surface area contributed by atoms with Gasteiger partial charge in [-0.3, -0.25) is 0 Å². The molecule has 0 atom stereocenters. The van der Waals surface area contributed by atoms with Gasteiger partial charge in [-0.25, -0.2) is 0 Å². The summed E-state index contributed by atoms with van der Waals surface area (Å²) in [7, 11) is 0. The molecule has 0 aliphatic heterocycles. The van der Waals surface area contributed by atoms with Gasteiger partial charge in [-0.1, -0.05) is 13.8 Å². The second-order valence-electron chi connectivity index (χ2n) is 2.80. The first kappa shape index (κ1) is 11.3. The van der Waals surface area contributed by atoms with Gasteiger partial charge in [0.1, 0.15) is 0 Å². The maximum atomic E-state index is 8.38. The van der Waals surface area contributed by atoms with E-state index in [0.717, 1.165) is 18.3 Å². The Hall–Kier alpha value is 0.270. The van der Waals surface area contributed by atoms with Gasteiger partial charge in [-0.05, 0) is 11.7 Å². The molecule has 0 aromatic heterocycles. The van der Waals surface area contributed by atoms with Crippen molar-refractivity contribution in [2.75, 3.05) is 31.3 Å². The molecule has 0 aliphatic rings. The second kappa shape index (κ2) is 8.37. The molecule has 0 rings (SSSR count). The van der Waals surface area contributed by atoms with Crippen molar-refractivity contribution in [1.82, 2.24) is 0 Å². The lowest BCUT2D eigenvalue weighted by molar-refractivity contribution is 0.103. The molecule has 0 heterocycles. The molecule has 0 aliphatic carbocycles. The summed E-state index contributed by atoms with van der Waals surface area (Å²) in [5, 5.41) is 8.38. The van der Waals surface area contributed by atoms with Gasteiger partial charge in [0.2, 0.25) is 0 Å². The van der Waals surface area contributed by atoms with Crippen molar-refractivity contribution in [1.29, 1.82) is 0 Å². The quantitative estimate of drug-likeness (QED) is 0.597. The van der Waals surface area contributed by atoms with E-state index in [1.54, 1.807) is 0 Å². The molecule has 11 heavy (non-hydrogen) atoms. The van der Waals surface area contributed by atoms with Gasteiger partial charge in [0.05, 0.1) is 19.8 Å². The van der Waals surface area contributed by atoms with Crippen LogP contribution in [0.5, 0.6) is 0 Å². The Morgan fingerprint density at radius 2 is 2.09 bits per heavy atom. The van der Waals surface area contributed by atoms with Crippen LogP contribution in [0.1, 0.15) is 13.8 Å². The average Bonchev–Trinajstić information content (AvgIpc) is 1.96. The van der Waals surface area contributed by atoms with Crippen LogP contribution in [-0.2, 0) is 4.74 Å². The highest BCUT2D eigenvalue weighted by Gasteiger charge is 1.93. The molecule has 0 aromatic rings. The molecule has 0 radical (unpaired) electrons. The van der Waals surface area contributed by atoms with E-state index in [0.29, 0.717) is 6.61 Å². The first-order chi connectivity index (χ1) is 5.27. The molecule has 2 nitrogen and oxygen atoms in total. The largest absolute Gasteiger partial charge is 0.394 e. The monoisotopic (exact) mass is 178 g/mol. The maximum Gasteiger partial charge on any atom is 0.0698 e. The number of ether oxygens (including phenoxy) is 1. The fourth-order valence-corrected chi connectivity index (χ4v) is 1.48. The third-order valence-electron chi connectivity index (χ3n) is 1.06. The Labute approximate surface area is 73.3 Å². The van der Waals surface area contributed by atoms with Crippen molar-refractivity contribution < 1.29 is 9.84 Å². The molecular formula is C8H18O2S. The highest BCUT2D eigenvalue weighted by atomic mass is 32.2. The van der Waals surface area contributed by atoms with Crippen molar-refractivity contribution >= 4 is 11.8 Å². The van der Waals surface area contributed by atoms with Crippen molar-refractivity contribution in [2.45, 2.75) is 13.8 Å². The number of rotatable bonds is 7. The van der Waals surface area contributed by atoms with Gasteiger partial charge in [0.25, 0.3) is 0 Å². The van der Waals surface area contributed by atoms with Crippen LogP contribution in [-0.4, -0.2) is 36.4 Å². The smallest absolute Gasteiger partial charge is 0.0698 e. The summed E-state index contributed by atoms with van der Waals surface area (Å²) in [4.78, 5) is 0. The average molecular weight is 178 g/mol. The molecule has 0 aromatic carbocycles. The predicted molar refractivity (Wildman–Crippen MR) is 50.1 cm³/mol. The minimum absolute atomic E-state index is 0.134. The normalized spacial score (nSPS) is 10.9. The van der Waals surface area contributed by atoms with Crippen LogP contribution < -0.4 is 0 Å². The van der Waals surface area contributed by atoms with E-state index in [1.807, 2.05) is 11.8 Å². The Balaban J connectivity index is 2.80. The van der Waals surface area contributed by atoms with Crippen molar-refractivity contribution in [3.05, 3.63) is 0 Å². The molecule has 0 saturated heterocycles. The SMILES string of the molecule is CC(C)CSCCOCCO. The van der Waals surface area contributed by atoms with E-state index < -0.39 is 0 Å². The van der Waals surface area contributed by atoms with Gasteiger partial charge < -0.3 is 9.84 Å². The topological polar surface area (TPSA) is 29.5 Å². The summed E-state index contributed by atoms with van der Waals surface area (Å²) in [6.07, 6.45) is 0. The maximum absolute atomic E-state index is 8.38. The van der Waals surface area contributed by atoms with Gasteiger partial charge in [0, 0.05) is 5.75 Å². The minimum Gasteiger partial charge on any atom is -0.394 e. The van der Waals surface area contributed by atoms with Gasteiger partial charge >= 0.3 is 0 Å². The summed E-state index contributed by atoms with van der Waals surface area (Å²) in [6, 6.07) is 0. The Morgan fingerprint density at radius 1 is 1.36 bits per heavy atom. The second-order valence-corrected chi connectivity index (χ2v) is 3.95. The van der Waals surface area contributed by atoms with E-state index >= 15 is 0 Å². The van der Waals surface area contributed by atoms with E-state index in [1.165, 1.54) is 5.75 Å². The summed E-state index contributed by atoms with van der Waals surface area (Å²) >= 11 is 1.91. The number of hydrogen-bond donors (Lipinski definition) is 1. The number of hydrogen-bond acceptors (Lipinski definition) is 3. The standard InChI is InChI=1S/C8H18O2S/c1-8(2)7-11-6-5-10-4-3-9/h8-9H,3-7H2,1-2H3. The molecule has 68 valence electrons. The number of aliphatic hydroxyl groups excluding tert-OH is 1. The molecule has 0 fully saturated rings. The molecule has 0 spiro atoms. The Bertz CT molecular complexity index is 76.5. The minimum atomic E-state index is 0.134. The highest BCUT2D eigenvalue weighted by Crippen LogP contribution is 2.06. The van der Waals surface area contributed by atoms with Gasteiger partial charge in [-0.15, -0.1) is 0 Å². The Kier molecular flexibility index (Phi) is 8.57. The van der Waals surface area contributed by atoms with Gasteiger partial charge in [0.15, 0.2) is 0 Å². The first-order valence-electron chi connectivity index (χ1n) is 4.03. The zero-order valence-corrected chi connectivity index (χ0v) is 8.19. The lowest BCUT2D eigenvalue weighted by Gasteiger charge is -2.04. The zero-order valence-electron chi connectivity index (χ0n) is 7.38. The van der Waals surface area contributed by atoms with E-state index in [-0.39, 0.29) is 6.61 Å².